The zero-order valence-electron chi connectivity index (χ0n) is 12.2. The van der Waals surface area contributed by atoms with Crippen molar-refractivity contribution in [3.63, 3.8) is 0 Å². The van der Waals surface area contributed by atoms with E-state index in [2.05, 4.69) is 24.5 Å². The molecule has 0 aromatic heterocycles. The number of benzene rings is 1. The van der Waals surface area contributed by atoms with Crippen LogP contribution in [0.15, 0.2) is 18.2 Å². The van der Waals surface area contributed by atoms with Crippen molar-refractivity contribution in [2.45, 2.75) is 20.3 Å². The lowest BCUT2D eigenvalue weighted by Crippen LogP contribution is -2.42. The first-order valence-corrected chi connectivity index (χ1v) is 6.89. The lowest BCUT2D eigenvalue weighted by Gasteiger charge is -2.31. The molecule has 0 spiro atoms. The minimum atomic E-state index is -0.379. The Balaban J connectivity index is 2.16. The molecule has 1 aliphatic heterocycles. The number of nitrogens with one attached hydrogen (secondary N) is 2. The molecule has 5 heteroatoms. The first kappa shape index (κ1) is 14.7. The topological polar surface area (TPSA) is 70.6 Å². The minimum absolute atomic E-state index is 0.00191. The minimum Gasteiger partial charge on any atom is -0.504 e. The molecular formula is C15H22N2O3. The van der Waals surface area contributed by atoms with Crippen LogP contribution in [0.2, 0.25) is 0 Å². The summed E-state index contributed by atoms with van der Waals surface area (Å²) < 4.78 is 4.99. The van der Waals surface area contributed by atoms with E-state index >= 15 is 0 Å². The number of ether oxygens (including phenoxy) is 1. The van der Waals surface area contributed by atoms with Crippen molar-refractivity contribution in [3.8, 4) is 11.5 Å². The van der Waals surface area contributed by atoms with Crippen LogP contribution in [0, 0.1) is 11.3 Å². The van der Waals surface area contributed by atoms with Crippen molar-refractivity contribution in [1.29, 1.82) is 0 Å². The summed E-state index contributed by atoms with van der Waals surface area (Å²) in [5.41, 5.74) is 0.204. The Morgan fingerprint density at radius 1 is 1.50 bits per heavy atom. The smallest absolute Gasteiger partial charge is 0.232 e. The van der Waals surface area contributed by atoms with Crippen molar-refractivity contribution in [2.75, 3.05) is 25.5 Å². The predicted molar refractivity (Wildman–Crippen MR) is 78.0 cm³/mol. The fraction of sp³-hybridized carbons (Fsp3) is 0.533. The SMILES string of the molecule is COc1ccc(NC(=O)C2(C(C)C)CCNC2)cc1O. The average Bonchev–Trinajstić information content (AvgIpc) is 2.89. The maximum absolute atomic E-state index is 12.6. The second-order valence-corrected chi connectivity index (χ2v) is 5.58. The van der Waals surface area contributed by atoms with Gasteiger partial charge in [-0.05, 0) is 31.0 Å². The van der Waals surface area contributed by atoms with Crippen molar-refractivity contribution >= 4 is 11.6 Å². The first-order valence-electron chi connectivity index (χ1n) is 6.89. The normalized spacial score (nSPS) is 22.0. The Kier molecular flexibility index (Phi) is 4.18. The van der Waals surface area contributed by atoms with E-state index in [-0.39, 0.29) is 23.0 Å². The number of amides is 1. The molecule has 1 saturated heterocycles. The van der Waals surface area contributed by atoms with Crippen LogP contribution in [0.3, 0.4) is 0 Å². The molecule has 20 heavy (non-hydrogen) atoms. The second-order valence-electron chi connectivity index (χ2n) is 5.58. The third kappa shape index (κ3) is 2.58. The monoisotopic (exact) mass is 278 g/mol. The predicted octanol–water partition coefficient (Wildman–Crippen LogP) is 1.98. The quantitative estimate of drug-likeness (QED) is 0.787. The molecule has 1 aromatic carbocycles. The van der Waals surface area contributed by atoms with Crippen molar-refractivity contribution < 1.29 is 14.6 Å². The van der Waals surface area contributed by atoms with Crippen LogP contribution >= 0.6 is 0 Å². The highest BCUT2D eigenvalue weighted by Gasteiger charge is 2.43. The Labute approximate surface area is 119 Å². The summed E-state index contributed by atoms with van der Waals surface area (Å²) in [6.45, 7) is 5.69. The molecule has 1 fully saturated rings. The number of aromatic hydroxyl groups is 1. The number of hydrogen-bond donors (Lipinski definition) is 3. The molecule has 3 N–H and O–H groups in total. The van der Waals surface area contributed by atoms with E-state index in [0.717, 1.165) is 13.0 Å². The number of hydrogen-bond acceptors (Lipinski definition) is 4. The van der Waals surface area contributed by atoms with E-state index in [9.17, 15) is 9.90 Å². The summed E-state index contributed by atoms with van der Waals surface area (Å²) in [6, 6.07) is 4.87. The van der Waals surface area contributed by atoms with Gasteiger partial charge in [0, 0.05) is 18.3 Å². The molecule has 110 valence electrons. The van der Waals surface area contributed by atoms with Gasteiger partial charge in [-0.1, -0.05) is 13.8 Å². The molecule has 0 saturated carbocycles. The Morgan fingerprint density at radius 2 is 2.25 bits per heavy atom. The maximum atomic E-state index is 12.6. The summed E-state index contributed by atoms with van der Waals surface area (Å²) in [5.74, 6) is 0.670. The van der Waals surface area contributed by atoms with Crippen LogP contribution in [0.25, 0.3) is 0 Å². The van der Waals surface area contributed by atoms with Gasteiger partial charge in [-0.2, -0.15) is 0 Å². The van der Waals surface area contributed by atoms with E-state index in [4.69, 9.17) is 4.74 Å². The first-order chi connectivity index (χ1) is 9.49. The van der Waals surface area contributed by atoms with Crippen molar-refractivity contribution in [1.82, 2.24) is 5.32 Å². The number of carbonyl (C=O) groups excluding carboxylic acids is 1. The fourth-order valence-electron chi connectivity index (χ4n) is 2.68. The molecule has 1 amide bonds. The van der Waals surface area contributed by atoms with Gasteiger partial charge >= 0.3 is 0 Å². The lowest BCUT2D eigenvalue weighted by atomic mass is 9.75. The third-order valence-electron chi connectivity index (χ3n) is 4.18. The molecule has 5 nitrogen and oxygen atoms in total. The summed E-state index contributed by atoms with van der Waals surface area (Å²) in [4.78, 5) is 12.6. The molecule has 0 radical (unpaired) electrons. The van der Waals surface area contributed by atoms with Gasteiger partial charge in [0.15, 0.2) is 11.5 Å². The number of methoxy groups -OCH3 is 1. The molecule has 1 aromatic rings. The number of carbonyl (C=O) groups is 1. The van der Waals surface area contributed by atoms with E-state index in [0.29, 0.717) is 18.0 Å². The molecule has 2 rings (SSSR count). The third-order valence-corrected chi connectivity index (χ3v) is 4.18. The molecule has 1 aliphatic rings. The zero-order chi connectivity index (χ0) is 14.8. The van der Waals surface area contributed by atoms with Gasteiger partial charge < -0.3 is 20.5 Å². The second kappa shape index (κ2) is 5.71. The summed E-state index contributed by atoms with van der Waals surface area (Å²) in [5, 5.41) is 15.9. The highest BCUT2D eigenvalue weighted by Crippen LogP contribution is 2.36. The molecule has 0 aliphatic carbocycles. The Morgan fingerprint density at radius 3 is 2.75 bits per heavy atom. The molecule has 1 heterocycles. The van der Waals surface area contributed by atoms with Gasteiger partial charge in [-0.3, -0.25) is 4.79 Å². The van der Waals surface area contributed by atoms with Gasteiger partial charge in [0.05, 0.1) is 12.5 Å². The summed E-state index contributed by atoms with van der Waals surface area (Å²) >= 11 is 0. The van der Waals surface area contributed by atoms with E-state index in [1.165, 1.54) is 13.2 Å². The van der Waals surface area contributed by atoms with Crippen LogP contribution in [-0.2, 0) is 4.79 Å². The van der Waals surface area contributed by atoms with E-state index in [1.54, 1.807) is 12.1 Å². The number of anilines is 1. The van der Waals surface area contributed by atoms with Gasteiger partial charge in [0.2, 0.25) is 5.91 Å². The summed E-state index contributed by atoms with van der Waals surface area (Å²) in [7, 11) is 1.49. The standard InChI is InChI=1S/C15H22N2O3/c1-10(2)15(6-7-16-9-15)14(19)17-11-4-5-13(20-3)12(18)8-11/h4-5,8,10,16,18H,6-7,9H2,1-3H3,(H,17,19). The van der Waals surface area contributed by atoms with Gasteiger partial charge in [0.1, 0.15) is 0 Å². The number of phenolic OH excluding ortho intramolecular Hbond substituents is 1. The zero-order valence-corrected chi connectivity index (χ0v) is 12.2. The Bertz CT molecular complexity index is 494. The number of phenols is 1. The van der Waals surface area contributed by atoms with Gasteiger partial charge in [-0.15, -0.1) is 0 Å². The molecule has 0 bridgehead atoms. The largest absolute Gasteiger partial charge is 0.504 e. The van der Waals surface area contributed by atoms with Gasteiger partial charge in [0.25, 0.3) is 0 Å². The van der Waals surface area contributed by atoms with E-state index < -0.39 is 0 Å². The van der Waals surface area contributed by atoms with Crippen LogP contribution in [-0.4, -0.2) is 31.2 Å². The van der Waals surface area contributed by atoms with Crippen LogP contribution in [0.4, 0.5) is 5.69 Å². The number of rotatable bonds is 4. The highest BCUT2D eigenvalue weighted by molar-refractivity contribution is 5.96. The molecule has 1 unspecified atom stereocenters. The summed E-state index contributed by atoms with van der Waals surface area (Å²) in [6.07, 6.45) is 0.832. The Hall–Kier alpha value is -1.75. The fourth-order valence-corrected chi connectivity index (χ4v) is 2.68. The maximum Gasteiger partial charge on any atom is 0.232 e. The van der Waals surface area contributed by atoms with Crippen LogP contribution in [0.1, 0.15) is 20.3 Å². The molecular weight excluding hydrogens is 256 g/mol. The van der Waals surface area contributed by atoms with Gasteiger partial charge in [-0.25, -0.2) is 0 Å². The molecule has 1 atom stereocenters. The lowest BCUT2D eigenvalue weighted by molar-refractivity contribution is -0.126. The van der Waals surface area contributed by atoms with Crippen LogP contribution < -0.4 is 15.4 Å². The van der Waals surface area contributed by atoms with Crippen LogP contribution in [0.5, 0.6) is 11.5 Å². The van der Waals surface area contributed by atoms with Crippen molar-refractivity contribution in [3.05, 3.63) is 18.2 Å². The van der Waals surface area contributed by atoms with Crippen molar-refractivity contribution in [2.24, 2.45) is 11.3 Å². The van der Waals surface area contributed by atoms with E-state index in [1.807, 2.05) is 0 Å². The highest BCUT2D eigenvalue weighted by atomic mass is 16.5. The average molecular weight is 278 g/mol.